The van der Waals surface area contributed by atoms with E-state index in [4.69, 9.17) is 0 Å². The normalized spacial score (nSPS) is 8.71. The van der Waals surface area contributed by atoms with E-state index in [2.05, 4.69) is 22.1 Å². The van der Waals surface area contributed by atoms with Gasteiger partial charge in [-0.05, 0) is 0 Å². The molecule has 0 aromatic heterocycles. The molecule has 0 aliphatic rings. The van der Waals surface area contributed by atoms with Gasteiger partial charge in [0.05, 0.1) is 6.61 Å². The highest BCUT2D eigenvalue weighted by Gasteiger charge is 1.74. The first-order valence-corrected chi connectivity index (χ1v) is 1.92. The lowest BCUT2D eigenvalue weighted by Crippen LogP contribution is -2.04. The van der Waals surface area contributed by atoms with Crippen LogP contribution in [0.25, 0.3) is 0 Å². The monoisotopic (exact) mass is 103 g/mol. The minimum atomic E-state index is 0.131. The second kappa shape index (κ2) is 5.62. The number of hydrogen-bond donors (Lipinski definition) is 1. The Kier molecular flexibility index (Phi) is 5.31. The smallest absolute Gasteiger partial charge is 0.166 e. The highest BCUT2D eigenvalue weighted by atomic mass is 16.7. The summed E-state index contributed by atoms with van der Waals surface area (Å²) in [5, 5.41) is 0. The van der Waals surface area contributed by atoms with Crippen LogP contribution >= 0.6 is 0 Å². The standard InChI is InChI=1S/C4H9NO2/c1-2-3-6-4-7-5/h2H,1,3-5H2. The topological polar surface area (TPSA) is 44.5 Å². The Hall–Kier alpha value is -0.380. The molecule has 0 radical (unpaired) electrons. The van der Waals surface area contributed by atoms with E-state index in [1.54, 1.807) is 6.08 Å². The molecule has 2 N–H and O–H groups in total. The fourth-order valence-electron chi connectivity index (χ4n) is 0.180. The molecular weight excluding hydrogens is 94.0 g/mol. The third-order valence-corrected chi connectivity index (χ3v) is 0.387. The van der Waals surface area contributed by atoms with Crippen LogP contribution in [0.1, 0.15) is 0 Å². The van der Waals surface area contributed by atoms with Gasteiger partial charge in [-0.15, -0.1) is 6.58 Å². The molecule has 0 unspecified atom stereocenters. The molecule has 0 aliphatic heterocycles. The van der Waals surface area contributed by atoms with Gasteiger partial charge < -0.3 is 4.74 Å². The second-order valence-corrected chi connectivity index (χ2v) is 0.944. The largest absolute Gasteiger partial charge is 0.349 e. The van der Waals surface area contributed by atoms with Crippen LogP contribution < -0.4 is 5.90 Å². The van der Waals surface area contributed by atoms with E-state index in [1.807, 2.05) is 0 Å². The SMILES string of the molecule is C=CCOCON. The maximum Gasteiger partial charge on any atom is 0.166 e. The van der Waals surface area contributed by atoms with Crippen LogP contribution in [0.4, 0.5) is 0 Å². The maximum absolute atomic E-state index is 4.67. The van der Waals surface area contributed by atoms with E-state index in [0.29, 0.717) is 6.61 Å². The van der Waals surface area contributed by atoms with Gasteiger partial charge in [0.25, 0.3) is 0 Å². The van der Waals surface area contributed by atoms with Crippen molar-refractivity contribution in [3.63, 3.8) is 0 Å². The third kappa shape index (κ3) is 5.62. The number of ether oxygens (including phenoxy) is 1. The first-order chi connectivity index (χ1) is 3.41. The summed E-state index contributed by atoms with van der Waals surface area (Å²) >= 11 is 0. The lowest BCUT2D eigenvalue weighted by atomic mass is 10.7. The Morgan fingerprint density at radius 1 is 1.71 bits per heavy atom. The molecule has 7 heavy (non-hydrogen) atoms. The highest BCUT2D eigenvalue weighted by molar-refractivity contribution is 4.62. The Balaban J connectivity index is 2.56. The highest BCUT2D eigenvalue weighted by Crippen LogP contribution is 1.70. The summed E-state index contributed by atoms with van der Waals surface area (Å²) in [6, 6.07) is 0. The Labute approximate surface area is 42.7 Å². The molecule has 0 amide bonds. The molecule has 3 nitrogen and oxygen atoms in total. The summed E-state index contributed by atoms with van der Waals surface area (Å²) in [5.41, 5.74) is 0. The van der Waals surface area contributed by atoms with Crippen LogP contribution in [0.15, 0.2) is 12.7 Å². The van der Waals surface area contributed by atoms with E-state index < -0.39 is 0 Å². The predicted molar refractivity (Wildman–Crippen MR) is 26.3 cm³/mol. The zero-order valence-corrected chi connectivity index (χ0v) is 4.09. The van der Waals surface area contributed by atoms with Crippen molar-refractivity contribution in [1.29, 1.82) is 0 Å². The van der Waals surface area contributed by atoms with Crippen molar-refractivity contribution in [2.24, 2.45) is 5.90 Å². The van der Waals surface area contributed by atoms with Crippen LogP contribution in [0.5, 0.6) is 0 Å². The van der Waals surface area contributed by atoms with Gasteiger partial charge in [-0.25, -0.2) is 5.90 Å². The molecule has 0 aromatic carbocycles. The van der Waals surface area contributed by atoms with E-state index in [9.17, 15) is 0 Å². The van der Waals surface area contributed by atoms with Gasteiger partial charge in [0, 0.05) is 0 Å². The predicted octanol–water partition coefficient (Wildman–Crippen LogP) is 0.0368. The van der Waals surface area contributed by atoms with Gasteiger partial charge in [-0.3, -0.25) is 4.84 Å². The molecule has 0 spiro atoms. The van der Waals surface area contributed by atoms with Crippen LogP contribution in [0.2, 0.25) is 0 Å². The van der Waals surface area contributed by atoms with Crippen molar-refractivity contribution in [3.8, 4) is 0 Å². The molecule has 0 aromatic rings. The first-order valence-electron chi connectivity index (χ1n) is 1.92. The van der Waals surface area contributed by atoms with Gasteiger partial charge in [0.2, 0.25) is 0 Å². The lowest BCUT2D eigenvalue weighted by Gasteiger charge is -1.93. The minimum absolute atomic E-state index is 0.131. The summed E-state index contributed by atoms with van der Waals surface area (Å²) in [4.78, 5) is 4.07. The fraction of sp³-hybridized carbons (Fsp3) is 0.500. The fourth-order valence-corrected chi connectivity index (χ4v) is 0.180. The van der Waals surface area contributed by atoms with Crippen molar-refractivity contribution < 1.29 is 9.57 Å². The summed E-state index contributed by atoms with van der Waals surface area (Å²) in [7, 11) is 0. The quantitative estimate of drug-likeness (QED) is 0.236. The van der Waals surface area contributed by atoms with E-state index >= 15 is 0 Å². The van der Waals surface area contributed by atoms with Crippen LogP contribution in [0.3, 0.4) is 0 Å². The zero-order valence-electron chi connectivity index (χ0n) is 4.09. The molecular formula is C4H9NO2. The summed E-state index contributed by atoms with van der Waals surface area (Å²) in [5.74, 6) is 4.61. The lowest BCUT2D eigenvalue weighted by molar-refractivity contribution is -0.0453. The summed E-state index contributed by atoms with van der Waals surface area (Å²) in [6.45, 7) is 4.03. The third-order valence-electron chi connectivity index (χ3n) is 0.387. The molecule has 0 fully saturated rings. The molecule has 42 valence electrons. The summed E-state index contributed by atoms with van der Waals surface area (Å²) in [6.07, 6.45) is 1.62. The Morgan fingerprint density at radius 2 is 2.43 bits per heavy atom. The Bertz CT molecular complexity index is 47.0. The van der Waals surface area contributed by atoms with Crippen molar-refractivity contribution in [2.45, 2.75) is 0 Å². The Morgan fingerprint density at radius 3 is 2.86 bits per heavy atom. The first kappa shape index (κ1) is 6.62. The van der Waals surface area contributed by atoms with E-state index in [1.165, 1.54) is 0 Å². The molecule has 0 rings (SSSR count). The zero-order chi connectivity index (χ0) is 5.54. The average molecular weight is 103 g/mol. The molecule has 0 saturated heterocycles. The molecule has 0 bridgehead atoms. The van der Waals surface area contributed by atoms with Crippen molar-refractivity contribution in [3.05, 3.63) is 12.7 Å². The van der Waals surface area contributed by atoms with Crippen LogP contribution in [-0.2, 0) is 9.57 Å². The number of hydrogen-bond acceptors (Lipinski definition) is 3. The van der Waals surface area contributed by atoms with Gasteiger partial charge in [0.15, 0.2) is 6.79 Å². The summed E-state index contributed by atoms with van der Waals surface area (Å²) < 4.78 is 4.67. The molecule has 0 atom stereocenters. The minimum Gasteiger partial charge on any atom is -0.349 e. The maximum atomic E-state index is 4.67. The van der Waals surface area contributed by atoms with Gasteiger partial charge >= 0.3 is 0 Å². The van der Waals surface area contributed by atoms with Crippen LogP contribution in [-0.4, -0.2) is 13.4 Å². The van der Waals surface area contributed by atoms with Gasteiger partial charge in [-0.1, -0.05) is 6.08 Å². The molecule has 0 aliphatic carbocycles. The van der Waals surface area contributed by atoms with Crippen LogP contribution in [0, 0.1) is 0 Å². The van der Waals surface area contributed by atoms with Gasteiger partial charge in [0.1, 0.15) is 0 Å². The second-order valence-electron chi connectivity index (χ2n) is 0.944. The average Bonchev–Trinajstić information content (AvgIpc) is 1.69. The van der Waals surface area contributed by atoms with Gasteiger partial charge in [-0.2, -0.15) is 0 Å². The molecule has 3 heteroatoms. The van der Waals surface area contributed by atoms with E-state index in [-0.39, 0.29) is 6.79 Å². The molecule has 0 saturated carbocycles. The van der Waals surface area contributed by atoms with E-state index in [0.717, 1.165) is 0 Å². The van der Waals surface area contributed by atoms with Crippen molar-refractivity contribution in [1.82, 2.24) is 0 Å². The number of nitrogens with two attached hydrogens (primary N) is 1. The molecule has 0 heterocycles. The number of rotatable bonds is 4. The van der Waals surface area contributed by atoms with Crippen molar-refractivity contribution >= 4 is 0 Å². The van der Waals surface area contributed by atoms with Crippen molar-refractivity contribution in [2.75, 3.05) is 13.4 Å².